The van der Waals surface area contributed by atoms with E-state index in [1.807, 2.05) is 41.7 Å². The first-order chi connectivity index (χ1) is 15.7. The molecular formula is C25H27N5OS. The summed E-state index contributed by atoms with van der Waals surface area (Å²) in [5.41, 5.74) is 10.1. The molecule has 0 bridgehead atoms. The van der Waals surface area contributed by atoms with Crippen molar-refractivity contribution in [3.05, 3.63) is 64.8 Å². The van der Waals surface area contributed by atoms with Crippen LogP contribution in [0.5, 0.6) is 5.75 Å². The quantitative estimate of drug-likeness (QED) is 0.432. The molecule has 0 saturated heterocycles. The summed E-state index contributed by atoms with van der Waals surface area (Å²) in [7, 11) is 1.68. The predicted molar refractivity (Wildman–Crippen MR) is 130 cm³/mol. The van der Waals surface area contributed by atoms with E-state index in [0.717, 1.165) is 52.6 Å². The van der Waals surface area contributed by atoms with Gasteiger partial charge in [0, 0.05) is 35.4 Å². The number of anilines is 1. The lowest BCUT2D eigenvalue weighted by molar-refractivity contribution is 0.414. The number of fused-ring (bicyclic) bond motifs is 3. The molecule has 0 fully saturated rings. The Hall–Kier alpha value is -3.03. The van der Waals surface area contributed by atoms with Gasteiger partial charge < -0.3 is 15.8 Å². The Kier molecular flexibility index (Phi) is 6.01. The largest absolute Gasteiger partial charge is 0.497 e. The lowest BCUT2D eigenvalue weighted by atomic mass is 9.97. The van der Waals surface area contributed by atoms with Crippen molar-refractivity contribution in [3.63, 3.8) is 0 Å². The maximum Gasteiger partial charge on any atom is 0.163 e. The van der Waals surface area contributed by atoms with Gasteiger partial charge in [0.15, 0.2) is 5.82 Å². The normalized spacial score (nSPS) is 14.2. The van der Waals surface area contributed by atoms with Crippen molar-refractivity contribution < 1.29 is 4.74 Å². The van der Waals surface area contributed by atoms with E-state index in [2.05, 4.69) is 16.4 Å². The van der Waals surface area contributed by atoms with Gasteiger partial charge in [-0.05, 0) is 67.5 Å². The summed E-state index contributed by atoms with van der Waals surface area (Å²) in [6.45, 7) is 0.629. The molecule has 4 aromatic rings. The van der Waals surface area contributed by atoms with Crippen LogP contribution in [0.3, 0.4) is 0 Å². The van der Waals surface area contributed by atoms with Gasteiger partial charge in [0.1, 0.15) is 16.4 Å². The minimum Gasteiger partial charge on any atom is -0.497 e. The first kappa shape index (κ1) is 20.8. The fraction of sp³-hybridized carbons (Fsp3) is 0.320. The number of hydrogen-bond acceptors (Lipinski definition) is 7. The van der Waals surface area contributed by atoms with Crippen LogP contribution in [0.1, 0.15) is 28.8 Å². The highest BCUT2D eigenvalue weighted by atomic mass is 32.1. The lowest BCUT2D eigenvalue weighted by Gasteiger charge is -2.16. The van der Waals surface area contributed by atoms with Crippen LogP contribution in [0.15, 0.2) is 48.8 Å². The molecule has 1 unspecified atom stereocenters. The van der Waals surface area contributed by atoms with Gasteiger partial charge >= 0.3 is 0 Å². The van der Waals surface area contributed by atoms with Gasteiger partial charge in [0.2, 0.25) is 0 Å². The standard InChI is InChI=1S/C25H27N5OS/c1-31-19-6-4-5-16(14-19)13-18(26)15-28-24-22-20-7-2-3-8-21(20)32-25(22)30-23(29-24)17-9-11-27-12-10-17/h4-6,9-12,14,18H,2-3,7-8,13,15,26H2,1H3,(H,28,29,30). The molecule has 1 aromatic carbocycles. The average Bonchev–Trinajstić information content (AvgIpc) is 3.22. The molecule has 0 saturated carbocycles. The molecule has 0 amide bonds. The molecular weight excluding hydrogens is 418 g/mol. The molecule has 1 atom stereocenters. The Labute approximate surface area is 191 Å². The number of aryl methyl sites for hydroxylation is 2. The van der Waals surface area contributed by atoms with Gasteiger partial charge in [0.05, 0.1) is 12.5 Å². The third-order valence-electron chi connectivity index (χ3n) is 5.92. The summed E-state index contributed by atoms with van der Waals surface area (Å²) in [5, 5.41) is 4.74. The van der Waals surface area contributed by atoms with Gasteiger partial charge in [-0.25, -0.2) is 9.97 Å². The Bertz CT molecular complexity index is 1220. The smallest absolute Gasteiger partial charge is 0.163 e. The number of hydrogen-bond donors (Lipinski definition) is 2. The van der Waals surface area contributed by atoms with Crippen molar-refractivity contribution in [1.82, 2.24) is 15.0 Å². The molecule has 1 aliphatic rings. The summed E-state index contributed by atoms with van der Waals surface area (Å²) in [6.07, 6.45) is 9.02. The number of benzene rings is 1. The van der Waals surface area contributed by atoms with Gasteiger partial charge in [-0.2, -0.15) is 0 Å². The van der Waals surface area contributed by atoms with Crippen LogP contribution in [0, 0.1) is 0 Å². The second kappa shape index (κ2) is 9.22. The molecule has 3 N–H and O–H groups in total. The first-order valence-electron chi connectivity index (χ1n) is 11.1. The molecule has 164 valence electrons. The Morgan fingerprint density at radius 3 is 2.81 bits per heavy atom. The zero-order valence-electron chi connectivity index (χ0n) is 18.2. The van der Waals surface area contributed by atoms with Crippen molar-refractivity contribution >= 4 is 27.4 Å². The average molecular weight is 446 g/mol. The number of methoxy groups -OCH3 is 1. The Balaban J connectivity index is 1.44. The lowest BCUT2D eigenvalue weighted by Crippen LogP contribution is -2.31. The monoisotopic (exact) mass is 445 g/mol. The number of aromatic nitrogens is 3. The van der Waals surface area contributed by atoms with Crippen molar-refractivity contribution in [3.8, 4) is 17.1 Å². The topological polar surface area (TPSA) is 86.0 Å². The zero-order chi connectivity index (χ0) is 21.9. The molecule has 3 aromatic heterocycles. The molecule has 0 radical (unpaired) electrons. The Morgan fingerprint density at radius 1 is 1.12 bits per heavy atom. The second-order valence-corrected chi connectivity index (χ2v) is 9.30. The molecule has 32 heavy (non-hydrogen) atoms. The Morgan fingerprint density at radius 2 is 1.97 bits per heavy atom. The number of nitrogens with one attached hydrogen (secondary N) is 1. The van der Waals surface area contributed by atoms with Crippen molar-refractivity contribution in [2.75, 3.05) is 19.0 Å². The minimum absolute atomic E-state index is 0.0500. The van der Waals surface area contributed by atoms with E-state index >= 15 is 0 Å². The molecule has 5 rings (SSSR count). The zero-order valence-corrected chi connectivity index (χ0v) is 19.0. The maximum absolute atomic E-state index is 6.50. The number of nitrogens with zero attached hydrogens (tertiary/aromatic N) is 3. The van der Waals surface area contributed by atoms with Crippen molar-refractivity contribution in [2.45, 2.75) is 38.1 Å². The first-order valence-corrected chi connectivity index (χ1v) is 11.9. The highest BCUT2D eigenvalue weighted by molar-refractivity contribution is 7.19. The van der Waals surface area contributed by atoms with Crippen LogP contribution in [0.25, 0.3) is 21.6 Å². The highest BCUT2D eigenvalue weighted by Crippen LogP contribution is 2.39. The molecule has 0 aliphatic heterocycles. The molecule has 0 spiro atoms. The van der Waals surface area contributed by atoms with Crippen LogP contribution >= 0.6 is 11.3 Å². The number of nitrogens with two attached hydrogens (primary N) is 1. The van der Waals surface area contributed by atoms with Crippen molar-refractivity contribution in [1.29, 1.82) is 0 Å². The summed E-state index contributed by atoms with van der Waals surface area (Å²) >= 11 is 1.81. The van der Waals surface area contributed by atoms with Crippen LogP contribution in [-0.2, 0) is 19.3 Å². The number of ether oxygens (including phenoxy) is 1. The third-order valence-corrected chi connectivity index (χ3v) is 7.10. The van der Waals surface area contributed by atoms with E-state index in [4.69, 9.17) is 20.4 Å². The summed E-state index contributed by atoms with van der Waals surface area (Å²) < 4.78 is 5.34. The van der Waals surface area contributed by atoms with Crippen LogP contribution in [0.4, 0.5) is 5.82 Å². The van der Waals surface area contributed by atoms with Crippen LogP contribution in [-0.4, -0.2) is 34.6 Å². The van der Waals surface area contributed by atoms with Crippen LogP contribution in [0.2, 0.25) is 0 Å². The maximum atomic E-state index is 6.50. The fourth-order valence-electron chi connectivity index (χ4n) is 4.32. The SMILES string of the molecule is COc1cccc(CC(N)CNc2nc(-c3ccncc3)nc3sc4c(c23)CCCC4)c1. The molecule has 1 aliphatic carbocycles. The number of rotatable bonds is 7. The second-order valence-electron chi connectivity index (χ2n) is 8.22. The molecule has 6 nitrogen and oxygen atoms in total. The van der Waals surface area contributed by atoms with Crippen LogP contribution < -0.4 is 15.8 Å². The van der Waals surface area contributed by atoms with Gasteiger partial charge in [0.25, 0.3) is 0 Å². The molecule has 7 heteroatoms. The molecule has 3 heterocycles. The van der Waals surface area contributed by atoms with E-state index in [-0.39, 0.29) is 6.04 Å². The third kappa shape index (κ3) is 4.31. The van der Waals surface area contributed by atoms with E-state index < -0.39 is 0 Å². The number of thiophene rings is 1. The van der Waals surface area contributed by atoms with E-state index in [1.54, 1.807) is 19.5 Å². The summed E-state index contributed by atoms with van der Waals surface area (Å²) in [4.78, 5) is 16.5. The van der Waals surface area contributed by atoms with E-state index in [9.17, 15) is 0 Å². The van der Waals surface area contributed by atoms with E-state index in [1.165, 1.54) is 28.7 Å². The van der Waals surface area contributed by atoms with Gasteiger partial charge in [-0.1, -0.05) is 12.1 Å². The fourth-order valence-corrected chi connectivity index (χ4v) is 5.58. The minimum atomic E-state index is -0.0500. The van der Waals surface area contributed by atoms with Gasteiger partial charge in [-0.3, -0.25) is 4.98 Å². The van der Waals surface area contributed by atoms with Gasteiger partial charge in [-0.15, -0.1) is 11.3 Å². The van der Waals surface area contributed by atoms with E-state index in [0.29, 0.717) is 6.54 Å². The predicted octanol–water partition coefficient (Wildman–Crippen LogP) is 4.62. The number of pyridine rings is 1. The summed E-state index contributed by atoms with van der Waals surface area (Å²) in [6, 6.07) is 11.9. The summed E-state index contributed by atoms with van der Waals surface area (Å²) in [5.74, 6) is 2.47. The van der Waals surface area contributed by atoms with Crippen molar-refractivity contribution in [2.24, 2.45) is 5.73 Å². The highest BCUT2D eigenvalue weighted by Gasteiger charge is 2.22.